The number of esters is 1. The van der Waals surface area contributed by atoms with E-state index >= 15 is 0 Å². The Morgan fingerprint density at radius 3 is 2.22 bits per heavy atom. The van der Waals surface area contributed by atoms with Crippen LogP contribution in [0.4, 0.5) is 13.2 Å². The fraction of sp³-hybridized carbons (Fsp3) is 0.820. The lowest BCUT2D eigenvalue weighted by atomic mass is 9.68. The normalized spacial score (nSPS) is 40.6. The second-order valence-electron chi connectivity index (χ2n) is 21.4. The van der Waals surface area contributed by atoms with Gasteiger partial charge in [0.05, 0.1) is 52.8 Å². The molecule has 3 aliphatic heterocycles. The zero-order valence-corrected chi connectivity index (χ0v) is 43.0. The minimum absolute atomic E-state index is 0.169. The number of halogens is 3. The molecule has 69 heavy (non-hydrogen) atoms. The molecule has 0 aliphatic carbocycles. The van der Waals surface area contributed by atoms with Gasteiger partial charge < -0.3 is 59.0 Å². The van der Waals surface area contributed by atoms with E-state index in [9.17, 15) is 43.5 Å². The van der Waals surface area contributed by atoms with Crippen LogP contribution in [0.25, 0.3) is 0 Å². The molecule has 1 unspecified atom stereocenters. The van der Waals surface area contributed by atoms with E-state index in [0.29, 0.717) is 44.6 Å². The molecule has 16 nitrogen and oxygen atoms in total. The highest BCUT2D eigenvalue weighted by Crippen LogP contribution is 2.45. The SMILES string of the molecule is CC[C@H]1OC(=O)[C@H](C)[C@@H](C2C[C@@](C)(OC)[C@@H](O)[C@H](C)O2)[C@H](C)[C@@H](O[C@@H]2O[C@H](C)C[C@H](N(C)CCc3cn(CCc4ccc(C(F)(F)F)cc4)nn3)[C@H]2O)[C@](C)(O)C[C@@H](C)CN(C)[C@H](C)[C@@H](O)[C@]1(C)O. The Morgan fingerprint density at radius 1 is 0.957 bits per heavy atom. The number of aryl methyl sites for hydroxylation is 2. The average Bonchev–Trinajstić information content (AvgIpc) is 3.74. The Hall–Kier alpha value is -2.82. The van der Waals surface area contributed by atoms with Crippen LogP contribution < -0.4 is 0 Å². The van der Waals surface area contributed by atoms with Gasteiger partial charge in [0.15, 0.2) is 6.29 Å². The van der Waals surface area contributed by atoms with Crippen LogP contribution in [0.3, 0.4) is 0 Å². The number of carbonyl (C=O) groups excluding carboxylic acids is 1. The zero-order valence-electron chi connectivity index (χ0n) is 43.0. The van der Waals surface area contributed by atoms with Crippen molar-refractivity contribution in [1.82, 2.24) is 24.8 Å². The van der Waals surface area contributed by atoms with Gasteiger partial charge in [-0.2, -0.15) is 13.2 Å². The summed E-state index contributed by atoms with van der Waals surface area (Å²) < 4.78 is 72.8. The molecule has 2 aromatic rings. The zero-order chi connectivity index (χ0) is 51.6. The Morgan fingerprint density at radius 2 is 1.61 bits per heavy atom. The molecule has 1 aromatic carbocycles. The number of benzene rings is 1. The third kappa shape index (κ3) is 13.4. The minimum Gasteiger partial charge on any atom is -0.459 e. The van der Waals surface area contributed by atoms with Gasteiger partial charge in [-0.15, -0.1) is 5.10 Å². The van der Waals surface area contributed by atoms with E-state index in [2.05, 4.69) is 10.3 Å². The van der Waals surface area contributed by atoms with Gasteiger partial charge in [-0.05, 0) is 111 Å². The molecule has 3 saturated heterocycles. The summed E-state index contributed by atoms with van der Waals surface area (Å²) in [6.45, 7) is 19.0. The van der Waals surface area contributed by atoms with E-state index in [1.807, 2.05) is 44.7 Å². The maximum atomic E-state index is 14.6. The summed E-state index contributed by atoms with van der Waals surface area (Å²) in [7, 11) is 5.24. The number of carbonyl (C=O) groups is 1. The van der Waals surface area contributed by atoms with Crippen LogP contribution in [-0.4, -0.2) is 175 Å². The van der Waals surface area contributed by atoms with Crippen molar-refractivity contribution in [2.45, 2.75) is 204 Å². The van der Waals surface area contributed by atoms with Gasteiger partial charge >= 0.3 is 12.1 Å². The van der Waals surface area contributed by atoms with Crippen LogP contribution in [-0.2, 0) is 54.0 Å². The molecule has 3 fully saturated rings. The van der Waals surface area contributed by atoms with Crippen LogP contribution in [0, 0.1) is 23.7 Å². The van der Waals surface area contributed by atoms with Gasteiger partial charge in [-0.3, -0.25) is 9.48 Å². The first-order valence-corrected chi connectivity index (χ1v) is 24.7. The quantitative estimate of drug-likeness (QED) is 0.184. The number of nitrogens with zero attached hydrogens (tertiary/aromatic N) is 5. The van der Waals surface area contributed by atoms with Gasteiger partial charge in [-0.25, -0.2) is 0 Å². The first-order chi connectivity index (χ1) is 32.0. The molecule has 3 aliphatic rings. The van der Waals surface area contributed by atoms with E-state index in [-0.39, 0.29) is 31.3 Å². The number of likely N-dealkylation sites (N-methyl/N-ethyl adjacent to an activating group) is 2. The molecule has 0 spiro atoms. The number of aliphatic hydroxyl groups is 5. The van der Waals surface area contributed by atoms with Crippen molar-refractivity contribution in [2.75, 3.05) is 34.3 Å². The third-order valence-corrected chi connectivity index (χ3v) is 15.7. The number of hydrogen-bond donors (Lipinski definition) is 5. The van der Waals surface area contributed by atoms with Crippen molar-refractivity contribution in [3.8, 4) is 0 Å². The smallest absolute Gasteiger partial charge is 0.416 e. The molecule has 0 bridgehead atoms. The molecule has 1 aromatic heterocycles. The summed E-state index contributed by atoms with van der Waals surface area (Å²) in [5, 5.41) is 68.4. The molecule has 0 amide bonds. The van der Waals surface area contributed by atoms with Crippen molar-refractivity contribution >= 4 is 5.97 Å². The highest BCUT2D eigenvalue weighted by molar-refractivity contribution is 5.73. The maximum absolute atomic E-state index is 14.6. The number of methoxy groups -OCH3 is 1. The lowest BCUT2D eigenvalue weighted by Gasteiger charge is -2.51. The van der Waals surface area contributed by atoms with Crippen LogP contribution >= 0.6 is 0 Å². The second kappa shape index (κ2) is 22.9. The number of aromatic nitrogens is 3. The Balaban J connectivity index is 1.43. The number of cyclic esters (lactones) is 1. The van der Waals surface area contributed by atoms with Crippen LogP contribution in [0.1, 0.15) is 112 Å². The molecule has 0 radical (unpaired) electrons. The van der Waals surface area contributed by atoms with Crippen molar-refractivity contribution < 1.29 is 67.2 Å². The standard InChI is InChI=1S/C50H82F3N5O11/c1-14-39-49(10,64)42(60)32(6)57(12)26-28(2)24-47(8,63)44(30(4)40(31(5)45(62)68-39)38-25-48(9,65-13)43(61)33(7)67-38)69-46-41(59)37(23-29(3)66-46)56(11)21-20-36-27-58(55-54-36)22-19-34-15-17-35(18-16-34)50(51,52)53/h15-18,27-33,37-44,46,59-61,63-64H,14,19-26H2,1-13H3/t28-,29-,30+,31-,32-,33+,37+,38?,39-,40+,41-,42-,43+,44-,46+,47-,48-,49-/m1/s1. The van der Waals surface area contributed by atoms with E-state index in [1.165, 1.54) is 26.2 Å². The van der Waals surface area contributed by atoms with Crippen LogP contribution in [0.2, 0.25) is 0 Å². The van der Waals surface area contributed by atoms with E-state index in [0.717, 1.165) is 17.7 Å². The molecule has 18 atom stereocenters. The van der Waals surface area contributed by atoms with Gasteiger partial charge in [0, 0.05) is 63.8 Å². The molecule has 5 rings (SSSR count). The Bertz CT molecular complexity index is 1940. The molecular formula is C50H82F3N5O11. The number of rotatable bonds is 12. The van der Waals surface area contributed by atoms with Crippen molar-refractivity contribution in [1.29, 1.82) is 0 Å². The molecule has 19 heteroatoms. The summed E-state index contributed by atoms with van der Waals surface area (Å²) in [6, 6.07) is 4.04. The summed E-state index contributed by atoms with van der Waals surface area (Å²) >= 11 is 0. The predicted molar refractivity (Wildman–Crippen MR) is 251 cm³/mol. The van der Waals surface area contributed by atoms with Crippen molar-refractivity contribution in [3.05, 3.63) is 47.3 Å². The summed E-state index contributed by atoms with van der Waals surface area (Å²) in [5.41, 5.74) is -3.78. The summed E-state index contributed by atoms with van der Waals surface area (Å²) in [6.07, 6.45) is -9.35. The van der Waals surface area contributed by atoms with Gasteiger partial charge in [0.1, 0.15) is 30.0 Å². The fourth-order valence-corrected chi connectivity index (χ4v) is 11.3. The second-order valence-corrected chi connectivity index (χ2v) is 21.4. The molecule has 0 saturated carbocycles. The molecule has 4 heterocycles. The lowest BCUT2D eigenvalue weighted by molar-refractivity contribution is -0.302. The van der Waals surface area contributed by atoms with Gasteiger partial charge in [0.25, 0.3) is 0 Å². The Labute approximate surface area is 406 Å². The van der Waals surface area contributed by atoms with Crippen LogP contribution in [0.15, 0.2) is 30.5 Å². The fourth-order valence-electron chi connectivity index (χ4n) is 11.3. The van der Waals surface area contributed by atoms with Gasteiger partial charge in [-0.1, -0.05) is 45.0 Å². The number of aliphatic hydroxyl groups excluding tert-OH is 3. The van der Waals surface area contributed by atoms with Crippen molar-refractivity contribution in [2.24, 2.45) is 23.7 Å². The average molecular weight is 986 g/mol. The first kappa shape index (κ1) is 57.1. The number of alkyl halides is 3. The summed E-state index contributed by atoms with van der Waals surface area (Å²) in [4.78, 5) is 18.5. The molecular weight excluding hydrogens is 904 g/mol. The Kier molecular flexibility index (Phi) is 19.0. The first-order valence-electron chi connectivity index (χ1n) is 24.7. The van der Waals surface area contributed by atoms with E-state index in [1.54, 1.807) is 52.4 Å². The van der Waals surface area contributed by atoms with Crippen LogP contribution in [0.5, 0.6) is 0 Å². The largest absolute Gasteiger partial charge is 0.459 e. The lowest BCUT2D eigenvalue weighted by Crippen LogP contribution is -2.62. The van der Waals surface area contributed by atoms with E-state index in [4.69, 9.17) is 23.7 Å². The maximum Gasteiger partial charge on any atom is 0.416 e. The summed E-state index contributed by atoms with van der Waals surface area (Å²) in [5.74, 6) is -3.26. The van der Waals surface area contributed by atoms with Crippen molar-refractivity contribution in [3.63, 3.8) is 0 Å². The minimum atomic E-state index is -4.40. The molecule has 5 N–H and O–H groups in total. The highest BCUT2D eigenvalue weighted by Gasteiger charge is 2.55. The third-order valence-electron chi connectivity index (χ3n) is 15.7. The number of ether oxygens (including phenoxy) is 5. The number of hydrogen-bond acceptors (Lipinski definition) is 15. The predicted octanol–water partition coefficient (Wildman–Crippen LogP) is 4.64. The topological polar surface area (TPSA) is 202 Å². The monoisotopic (exact) mass is 986 g/mol. The van der Waals surface area contributed by atoms with Gasteiger partial charge in [0.2, 0.25) is 0 Å². The van der Waals surface area contributed by atoms with E-state index < -0.39 is 113 Å². The highest BCUT2D eigenvalue weighted by atomic mass is 19.4. The molecule has 394 valence electrons.